The van der Waals surface area contributed by atoms with Crippen molar-refractivity contribution in [3.8, 4) is 0 Å². The highest BCUT2D eigenvalue weighted by Crippen LogP contribution is 2.38. The zero-order valence-electron chi connectivity index (χ0n) is 8.44. The molecule has 2 rings (SSSR count). The molecule has 0 amide bonds. The number of hydrogen-bond donors (Lipinski definition) is 0. The van der Waals surface area contributed by atoms with Gasteiger partial charge in [0.05, 0.1) is 6.10 Å². The van der Waals surface area contributed by atoms with E-state index in [1.54, 1.807) is 7.11 Å². The average Bonchev–Trinajstić information content (AvgIpc) is 2.47. The molecular weight excluding hydrogens is 172 g/mol. The van der Waals surface area contributed by atoms with E-state index in [0.717, 1.165) is 0 Å². The van der Waals surface area contributed by atoms with Gasteiger partial charge in [0.15, 0.2) is 12.1 Å². The first-order valence-corrected chi connectivity index (χ1v) is 4.57. The van der Waals surface area contributed by atoms with Crippen LogP contribution in [0.4, 0.5) is 0 Å². The first-order chi connectivity index (χ1) is 6.03. The molecule has 0 aromatic carbocycles. The van der Waals surface area contributed by atoms with Crippen LogP contribution >= 0.6 is 0 Å². The molecule has 76 valence electrons. The summed E-state index contributed by atoms with van der Waals surface area (Å²) in [7, 11) is 1.62. The Morgan fingerprint density at radius 3 is 2.38 bits per heavy atom. The minimum Gasteiger partial charge on any atom is -0.353 e. The summed E-state index contributed by atoms with van der Waals surface area (Å²) in [6.07, 6.45) is -0.339. The molecule has 4 atom stereocenters. The third-order valence-electron chi connectivity index (χ3n) is 2.48. The summed E-state index contributed by atoms with van der Waals surface area (Å²) in [5.41, 5.74) is 0. The van der Waals surface area contributed by atoms with Crippen LogP contribution in [0, 0.1) is 0 Å². The van der Waals surface area contributed by atoms with Gasteiger partial charge < -0.3 is 18.9 Å². The topological polar surface area (TPSA) is 36.9 Å². The van der Waals surface area contributed by atoms with E-state index in [1.165, 1.54) is 0 Å². The normalized spacial score (nSPS) is 48.0. The second kappa shape index (κ2) is 2.92. The maximum absolute atomic E-state index is 5.69. The molecule has 0 saturated carbocycles. The van der Waals surface area contributed by atoms with Crippen molar-refractivity contribution in [1.29, 1.82) is 0 Å². The van der Waals surface area contributed by atoms with Crippen LogP contribution < -0.4 is 0 Å². The fourth-order valence-electron chi connectivity index (χ4n) is 1.95. The summed E-state index contributed by atoms with van der Waals surface area (Å²) in [6.45, 7) is 5.79. The first-order valence-electron chi connectivity index (χ1n) is 4.57. The van der Waals surface area contributed by atoms with Crippen molar-refractivity contribution in [2.24, 2.45) is 0 Å². The fraction of sp³-hybridized carbons (Fsp3) is 1.00. The molecule has 2 saturated heterocycles. The molecule has 0 aliphatic carbocycles. The van der Waals surface area contributed by atoms with Gasteiger partial charge in [0, 0.05) is 7.11 Å². The minimum absolute atomic E-state index is 0.0000463. The molecule has 4 unspecified atom stereocenters. The number of rotatable bonds is 1. The molecule has 2 heterocycles. The highest BCUT2D eigenvalue weighted by molar-refractivity contribution is 4.93. The summed E-state index contributed by atoms with van der Waals surface area (Å²) in [5.74, 6) is -0.510. The molecule has 0 aromatic heterocycles. The van der Waals surface area contributed by atoms with Crippen LogP contribution in [-0.2, 0) is 18.9 Å². The van der Waals surface area contributed by atoms with Gasteiger partial charge in [-0.25, -0.2) is 0 Å². The van der Waals surface area contributed by atoms with Crippen LogP contribution in [0.3, 0.4) is 0 Å². The lowest BCUT2D eigenvalue weighted by atomic mass is 10.2. The summed E-state index contributed by atoms with van der Waals surface area (Å²) in [6, 6.07) is 0. The van der Waals surface area contributed by atoms with Crippen LogP contribution in [0.25, 0.3) is 0 Å². The number of ether oxygens (including phenoxy) is 4. The lowest BCUT2D eigenvalue weighted by Gasteiger charge is -2.22. The zero-order valence-corrected chi connectivity index (χ0v) is 8.44. The van der Waals surface area contributed by atoms with E-state index in [4.69, 9.17) is 18.9 Å². The molecule has 0 aromatic rings. The van der Waals surface area contributed by atoms with E-state index in [0.29, 0.717) is 0 Å². The van der Waals surface area contributed by atoms with Crippen molar-refractivity contribution in [3.05, 3.63) is 0 Å². The molecule has 4 nitrogen and oxygen atoms in total. The monoisotopic (exact) mass is 188 g/mol. The van der Waals surface area contributed by atoms with Crippen LogP contribution in [-0.4, -0.2) is 37.5 Å². The molecule has 0 radical (unpaired) electrons. The highest BCUT2D eigenvalue weighted by Gasteiger charge is 2.53. The van der Waals surface area contributed by atoms with Gasteiger partial charge in [0.2, 0.25) is 0 Å². The zero-order chi connectivity index (χ0) is 9.64. The third kappa shape index (κ3) is 1.48. The minimum atomic E-state index is -0.510. The smallest absolute Gasteiger partial charge is 0.186 e. The number of methoxy groups -OCH3 is 1. The van der Waals surface area contributed by atoms with E-state index < -0.39 is 5.79 Å². The summed E-state index contributed by atoms with van der Waals surface area (Å²) in [5, 5.41) is 0. The van der Waals surface area contributed by atoms with Crippen LogP contribution in [0.2, 0.25) is 0 Å². The Bertz CT molecular complexity index is 204. The summed E-state index contributed by atoms with van der Waals surface area (Å²) < 4.78 is 22.0. The van der Waals surface area contributed by atoms with Crippen LogP contribution in [0.5, 0.6) is 0 Å². The molecule has 13 heavy (non-hydrogen) atoms. The summed E-state index contributed by atoms with van der Waals surface area (Å²) in [4.78, 5) is 0. The molecule has 2 aliphatic rings. The van der Waals surface area contributed by atoms with Crippen molar-refractivity contribution >= 4 is 0 Å². The Balaban J connectivity index is 2.12. The van der Waals surface area contributed by atoms with Gasteiger partial charge in [-0.15, -0.1) is 0 Å². The van der Waals surface area contributed by atoms with Gasteiger partial charge in [-0.1, -0.05) is 0 Å². The van der Waals surface area contributed by atoms with Gasteiger partial charge in [0.25, 0.3) is 0 Å². The molecule has 2 aliphatic heterocycles. The van der Waals surface area contributed by atoms with E-state index in [9.17, 15) is 0 Å². The van der Waals surface area contributed by atoms with Crippen molar-refractivity contribution in [1.82, 2.24) is 0 Å². The maximum Gasteiger partial charge on any atom is 0.186 e. The second-order valence-electron chi connectivity index (χ2n) is 4.01. The maximum atomic E-state index is 5.69. The van der Waals surface area contributed by atoms with E-state index >= 15 is 0 Å². The SMILES string of the molecule is COC1OC(C)C2OC(C)(C)OC12. The van der Waals surface area contributed by atoms with Gasteiger partial charge in [-0.05, 0) is 20.8 Å². The van der Waals surface area contributed by atoms with E-state index in [1.807, 2.05) is 20.8 Å². The molecule has 0 spiro atoms. The summed E-state index contributed by atoms with van der Waals surface area (Å²) >= 11 is 0. The quantitative estimate of drug-likeness (QED) is 0.612. The van der Waals surface area contributed by atoms with Gasteiger partial charge in [-0.2, -0.15) is 0 Å². The van der Waals surface area contributed by atoms with Crippen LogP contribution in [0.1, 0.15) is 20.8 Å². The number of fused-ring (bicyclic) bond motifs is 1. The van der Waals surface area contributed by atoms with Gasteiger partial charge in [-0.3, -0.25) is 0 Å². The lowest BCUT2D eigenvalue weighted by molar-refractivity contribution is -0.224. The van der Waals surface area contributed by atoms with E-state index in [2.05, 4.69) is 0 Å². The largest absolute Gasteiger partial charge is 0.353 e. The Labute approximate surface area is 78.1 Å². The molecule has 4 heteroatoms. The van der Waals surface area contributed by atoms with E-state index in [-0.39, 0.29) is 24.6 Å². The Kier molecular flexibility index (Phi) is 2.11. The second-order valence-corrected chi connectivity index (χ2v) is 4.01. The van der Waals surface area contributed by atoms with Crippen molar-refractivity contribution in [3.63, 3.8) is 0 Å². The Morgan fingerprint density at radius 2 is 1.77 bits per heavy atom. The van der Waals surface area contributed by atoms with Gasteiger partial charge in [0.1, 0.15) is 12.2 Å². The first kappa shape index (κ1) is 9.40. The lowest BCUT2D eigenvalue weighted by Crippen LogP contribution is -2.30. The van der Waals surface area contributed by atoms with Crippen molar-refractivity contribution < 1.29 is 18.9 Å². The standard InChI is InChI=1S/C9H16O4/c1-5-6-7(8(10-4)11-5)13-9(2,3)12-6/h5-8H,1-4H3. The van der Waals surface area contributed by atoms with Gasteiger partial charge >= 0.3 is 0 Å². The average molecular weight is 188 g/mol. The molecule has 0 bridgehead atoms. The number of hydrogen-bond acceptors (Lipinski definition) is 4. The Hall–Kier alpha value is -0.160. The predicted molar refractivity (Wildman–Crippen MR) is 45.2 cm³/mol. The van der Waals surface area contributed by atoms with Crippen molar-refractivity contribution in [2.45, 2.75) is 51.2 Å². The van der Waals surface area contributed by atoms with Crippen molar-refractivity contribution in [2.75, 3.05) is 7.11 Å². The molecular formula is C9H16O4. The predicted octanol–water partition coefficient (Wildman–Crippen LogP) is 0.898. The Morgan fingerprint density at radius 1 is 1.15 bits per heavy atom. The highest BCUT2D eigenvalue weighted by atomic mass is 16.8. The molecule has 0 N–H and O–H groups in total. The molecule has 2 fully saturated rings. The fourth-order valence-corrected chi connectivity index (χ4v) is 1.95. The van der Waals surface area contributed by atoms with Crippen LogP contribution in [0.15, 0.2) is 0 Å². The third-order valence-corrected chi connectivity index (χ3v) is 2.48.